The summed E-state index contributed by atoms with van der Waals surface area (Å²) in [5, 5.41) is 12.3. The zero-order valence-electron chi connectivity index (χ0n) is 13.3. The molecule has 0 fully saturated rings. The van der Waals surface area contributed by atoms with Gasteiger partial charge in [0.2, 0.25) is 0 Å². The Hall–Kier alpha value is -1.33. The highest BCUT2D eigenvalue weighted by molar-refractivity contribution is 5.85. The highest BCUT2D eigenvalue weighted by Crippen LogP contribution is 2.05. The van der Waals surface area contributed by atoms with E-state index >= 15 is 0 Å². The molecule has 0 saturated heterocycles. The Balaban J connectivity index is 0.00000220. The Morgan fingerprint density at radius 1 is 1.19 bits per heavy atom. The molecule has 2 rings (SSSR count). The van der Waals surface area contributed by atoms with Crippen molar-refractivity contribution in [2.45, 2.75) is 53.4 Å². The predicted molar refractivity (Wildman–Crippen MR) is 87.5 cm³/mol. The molecule has 0 aromatic carbocycles. The maximum atomic E-state index is 4.55. The average Bonchev–Trinajstić information content (AvgIpc) is 2.98. The third-order valence-electron chi connectivity index (χ3n) is 3.07. The number of aromatic nitrogens is 4. The van der Waals surface area contributed by atoms with Gasteiger partial charge in [-0.25, -0.2) is 0 Å². The summed E-state index contributed by atoms with van der Waals surface area (Å²) in [5.41, 5.74) is 2.29. The monoisotopic (exact) mass is 311 g/mol. The van der Waals surface area contributed by atoms with Crippen LogP contribution in [-0.2, 0) is 19.6 Å². The predicted octanol–water partition coefficient (Wildman–Crippen LogP) is 3.03. The molecule has 118 valence electrons. The average molecular weight is 312 g/mol. The molecule has 0 aliphatic carbocycles. The number of nitrogens with zero attached hydrogens (tertiary/aromatic N) is 4. The van der Waals surface area contributed by atoms with Crippen LogP contribution in [0, 0.1) is 5.92 Å². The second kappa shape index (κ2) is 8.20. The lowest BCUT2D eigenvalue weighted by Gasteiger charge is -2.04. The van der Waals surface area contributed by atoms with Gasteiger partial charge in [-0.05, 0) is 25.8 Å². The van der Waals surface area contributed by atoms with E-state index in [0.717, 1.165) is 25.3 Å². The summed E-state index contributed by atoms with van der Waals surface area (Å²) in [6.45, 7) is 11.2. The molecule has 0 radical (unpaired) electrons. The smallest absolute Gasteiger partial charge is 0.0762 e. The molecule has 2 aromatic heterocycles. The molecule has 5 nitrogen and oxygen atoms in total. The van der Waals surface area contributed by atoms with E-state index in [2.05, 4.69) is 55.5 Å². The standard InChI is InChI=1S/C15H25N5.ClH/c1-12(2)10-19-6-5-15(18-19)9-16-7-14-8-17-20(11-14)13(3)4;/h5-6,8,11-13,16H,7,9-10H2,1-4H3;1H. The van der Waals surface area contributed by atoms with Crippen molar-refractivity contribution in [3.8, 4) is 0 Å². The van der Waals surface area contributed by atoms with E-state index < -0.39 is 0 Å². The fourth-order valence-corrected chi connectivity index (χ4v) is 2.06. The highest BCUT2D eigenvalue weighted by Gasteiger charge is 2.03. The zero-order chi connectivity index (χ0) is 14.5. The second-order valence-electron chi connectivity index (χ2n) is 5.95. The van der Waals surface area contributed by atoms with Crippen LogP contribution < -0.4 is 5.32 Å². The normalized spacial score (nSPS) is 11.1. The Morgan fingerprint density at radius 3 is 2.57 bits per heavy atom. The van der Waals surface area contributed by atoms with Crippen LogP contribution in [0.25, 0.3) is 0 Å². The minimum absolute atomic E-state index is 0. The van der Waals surface area contributed by atoms with Crippen molar-refractivity contribution in [1.29, 1.82) is 0 Å². The molecule has 2 heterocycles. The zero-order valence-corrected chi connectivity index (χ0v) is 14.1. The first-order chi connectivity index (χ1) is 9.54. The first-order valence-corrected chi connectivity index (χ1v) is 7.30. The fourth-order valence-electron chi connectivity index (χ4n) is 2.06. The molecule has 1 N–H and O–H groups in total. The summed E-state index contributed by atoms with van der Waals surface area (Å²) in [6, 6.07) is 2.49. The summed E-state index contributed by atoms with van der Waals surface area (Å²) < 4.78 is 3.99. The maximum absolute atomic E-state index is 4.55. The quantitative estimate of drug-likeness (QED) is 0.855. The fraction of sp³-hybridized carbons (Fsp3) is 0.600. The lowest BCUT2D eigenvalue weighted by molar-refractivity contribution is 0.477. The SMILES string of the molecule is CC(C)Cn1ccc(CNCc2cnn(C(C)C)c2)n1.Cl. The van der Waals surface area contributed by atoms with Gasteiger partial charge in [0.15, 0.2) is 0 Å². The Bertz CT molecular complexity index is 530. The lowest BCUT2D eigenvalue weighted by Crippen LogP contribution is -2.13. The van der Waals surface area contributed by atoms with Crippen LogP contribution in [0.4, 0.5) is 0 Å². The molecule has 0 atom stereocenters. The minimum Gasteiger partial charge on any atom is -0.307 e. The topological polar surface area (TPSA) is 47.7 Å². The Kier molecular flexibility index (Phi) is 6.92. The minimum atomic E-state index is 0. The first-order valence-electron chi connectivity index (χ1n) is 7.30. The Labute approximate surface area is 133 Å². The van der Waals surface area contributed by atoms with Crippen molar-refractivity contribution in [2.24, 2.45) is 5.92 Å². The van der Waals surface area contributed by atoms with Gasteiger partial charge in [-0.2, -0.15) is 10.2 Å². The number of nitrogens with one attached hydrogen (secondary N) is 1. The lowest BCUT2D eigenvalue weighted by atomic mass is 10.2. The number of hydrogen-bond donors (Lipinski definition) is 1. The summed E-state index contributed by atoms with van der Waals surface area (Å²) in [7, 11) is 0. The summed E-state index contributed by atoms with van der Waals surface area (Å²) in [5.74, 6) is 0.623. The molecule has 2 aromatic rings. The molecule has 21 heavy (non-hydrogen) atoms. The van der Waals surface area contributed by atoms with Gasteiger partial charge in [0.25, 0.3) is 0 Å². The van der Waals surface area contributed by atoms with Crippen molar-refractivity contribution >= 4 is 12.4 Å². The first kappa shape index (κ1) is 17.7. The van der Waals surface area contributed by atoms with Crippen molar-refractivity contribution in [3.05, 3.63) is 35.9 Å². The molecule has 0 aliphatic heterocycles. The van der Waals surface area contributed by atoms with Gasteiger partial charge < -0.3 is 5.32 Å². The summed E-state index contributed by atoms with van der Waals surface area (Å²) in [6.07, 6.45) is 6.06. The van der Waals surface area contributed by atoms with Gasteiger partial charge in [-0.15, -0.1) is 12.4 Å². The highest BCUT2D eigenvalue weighted by atomic mass is 35.5. The van der Waals surface area contributed by atoms with Gasteiger partial charge in [0, 0.05) is 43.6 Å². The molecule has 0 aliphatic rings. The van der Waals surface area contributed by atoms with E-state index in [1.807, 2.05) is 21.8 Å². The van der Waals surface area contributed by atoms with Gasteiger partial charge in [-0.3, -0.25) is 9.36 Å². The largest absolute Gasteiger partial charge is 0.307 e. The van der Waals surface area contributed by atoms with Gasteiger partial charge in [-0.1, -0.05) is 13.8 Å². The van der Waals surface area contributed by atoms with Crippen LogP contribution in [0.3, 0.4) is 0 Å². The van der Waals surface area contributed by atoms with Crippen LogP contribution in [0.15, 0.2) is 24.7 Å². The molecule has 6 heteroatoms. The van der Waals surface area contributed by atoms with Gasteiger partial charge in [0.1, 0.15) is 0 Å². The molecular formula is C15H26ClN5. The molecule has 0 bridgehead atoms. The van der Waals surface area contributed by atoms with E-state index in [1.165, 1.54) is 5.56 Å². The third kappa shape index (κ3) is 5.52. The molecular weight excluding hydrogens is 286 g/mol. The van der Waals surface area contributed by atoms with Crippen molar-refractivity contribution in [2.75, 3.05) is 0 Å². The second-order valence-corrected chi connectivity index (χ2v) is 5.95. The number of rotatable bonds is 7. The van der Waals surface area contributed by atoms with E-state index in [0.29, 0.717) is 12.0 Å². The molecule has 0 saturated carbocycles. The number of halogens is 1. The molecule has 0 unspecified atom stereocenters. The third-order valence-corrected chi connectivity index (χ3v) is 3.07. The van der Waals surface area contributed by atoms with Crippen LogP contribution in [-0.4, -0.2) is 19.6 Å². The van der Waals surface area contributed by atoms with E-state index in [9.17, 15) is 0 Å². The molecule has 0 amide bonds. The molecule has 0 spiro atoms. The summed E-state index contributed by atoms with van der Waals surface area (Å²) in [4.78, 5) is 0. The Morgan fingerprint density at radius 2 is 1.95 bits per heavy atom. The number of hydrogen-bond acceptors (Lipinski definition) is 3. The summed E-state index contributed by atoms with van der Waals surface area (Å²) >= 11 is 0. The van der Waals surface area contributed by atoms with Crippen LogP contribution >= 0.6 is 12.4 Å². The van der Waals surface area contributed by atoms with Crippen LogP contribution in [0.1, 0.15) is 45.0 Å². The maximum Gasteiger partial charge on any atom is 0.0762 e. The van der Waals surface area contributed by atoms with Crippen molar-refractivity contribution in [1.82, 2.24) is 24.9 Å². The van der Waals surface area contributed by atoms with E-state index in [1.54, 1.807) is 0 Å². The van der Waals surface area contributed by atoms with Crippen LogP contribution in [0.5, 0.6) is 0 Å². The van der Waals surface area contributed by atoms with Crippen molar-refractivity contribution in [3.63, 3.8) is 0 Å². The van der Waals surface area contributed by atoms with E-state index in [4.69, 9.17) is 0 Å². The van der Waals surface area contributed by atoms with Gasteiger partial charge in [0.05, 0.1) is 11.9 Å². The van der Waals surface area contributed by atoms with E-state index in [-0.39, 0.29) is 12.4 Å². The van der Waals surface area contributed by atoms with Crippen LogP contribution in [0.2, 0.25) is 0 Å². The van der Waals surface area contributed by atoms with Gasteiger partial charge >= 0.3 is 0 Å². The van der Waals surface area contributed by atoms with Crippen molar-refractivity contribution < 1.29 is 0 Å².